The van der Waals surface area contributed by atoms with Crippen LogP contribution in [-0.2, 0) is 9.53 Å². The Labute approximate surface area is 84.8 Å². The van der Waals surface area contributed by atoms with Crippen LogP contribution in [0.2, 0.25) is 0 Å². The van der Waals surface area contributed by atoms with Crippen molar-refractivity contribution in [2.75, 3.05) is 7.11 Å². The number of alkyl halides is 1. The SMILES string of the molecule is COC(=O)c1ccc(C(Cl)C(N)=O)o1. The van der Waals surface area contributed by atoms with Gasteiger partial charge in [0.1, 0.15) is 5.76 Å². The number of carbonyl (C=O) groups excluding carboxylic acids is 2. The average molecular weight is 218 g/mol. The number of esters is 1. The van der Waals surface area contributed by atoms with Crippen LogP contribution in [0.15, 0.2) is 16.5 Å². The molecule has 1 heterocycles. The summed E-state index contributed by atoms with van der Waals surface area (Å²) in [7, 11) is 1.22. The molecular weight excluding hydrogens is 210 g/mol. The highest BCUT2D eigenvalue weighted by molar-refractivity contribution is 6.30. The van der Waals surface area contributed by atoms with Crippen LogP contribution in [0.1, 0.15) is 21.7 Å². The first kappa shape index (κ1) is 10.6. The van der Waals surface area contributed by atoms with Gasteiger partial charge in [-0.05, 0) is 12.1 Å². The number of hydrogen-bond donors (Lipinski definition) is 1. The molecule has 5 nitrogen and oxygen atoms in total. The first-order valence-electron chi connectivity index (χ1n) is 3.67. The lowest BCUT2D eigenvalue weighted by Gasteiger charge is -1.99. The Morgan fingerprint density at radius 1 is 1.57 bits per heavy atom. The summed E-state index contributed by atoms with van der Waals surface area (Å²) >= 11 is 5.58. The van der Waals surface area contributed by atoms with Crippen LogP contribution in [0.25, 0.3) is 0 Å². The van der Waals surface area contributed by atoms with Crippen LogP contribution in [0.3, 0.4) is 0 Å². The van der Waals surface area contributed by atoms with E-state index in [4.69, 9.17) is 21.8 Å². The van der Waals surface area contributed by atoms with E-state index in [1.54, 1.807) is 0 Å². The van der Waals surface area contributed by atoms with E-state index >= 15 is 0 Å². The predicted octanol–water partition coefficient (Wildman–Crippen LogP) is 0.831. The zero-order valence-corrected chi connectivity index (χ0v) is 8.08. The molecule has 0 bridgehead atoms. The van der Waals surface area contributed by atoms with E-state index in [-0.39, 0.29) is 11.5 Å². The lowest BCUT2D eigenvalue weighted by Crippen LogP contribution is -2.16. The quantitative estimate of drug-likeness (QED) is 0.601. The Balaban J connectivity index is 2.88. The third kappa shape index (κ3) is 2.05. The molecule has 1 rings (SSSR count). The van der Waals surface area contributed by atoms with Crippen LogP contribution < -0.4 is 5.73 Å². The van der Waals surface area contributed by atoms with Crippen LogP contribution in [-0.4, -0.2) is 19.0 Å². The van der Waals surface area contributed by atoms with E-state index in [2.05, 4.69) is 4.74 Å². The number of carbonyl (C=O) groups is 2. The van der Waals surface area contributed by atoms with E-state index in [9.17, 15) is 9.59 Å². The fourth-order valence-corrected chi connectivity index (χ4v) is 0.957. The van der Waals surface area contributed by atoms with E-state index in [1.807, 2.05) is 0 Å². The minimum absolute atomic E-state index is 0.0191. The van der Waals surface area contributed by atoms with Crippen LogP contribution in [0.4, 0.5) is 0 Å². The zero-order chi connectivity index (χ0) is 10.7. The van der Waals surface area contributed by atoms with Gasteiger partial charge in [-0.3, -0.25) is 4.79 Å². The molecule has 1 aromatic heterocycles. The highest BCUT2D eigenvalue weighted by Gasteiger charge is 2.20. The molecule has 1 amide bonds. The molecule has 14 heavy (non-hydrogen) atoms. The number of ether oxygens (including phenoxy) is 1. The molecule has 0 aliphatic carbocycles. The maximum absolute atomic E-state index is 10.9. The fraction of sp³-hybridized carbons (Fsp3) is 0.250. The summed E-state index contributed by atoms with van der Waals surface area (Å²) in [5, 5.41) is -1.08. The van der Waals surface area contributed by atoms with E-state index in [0.717, 1.165) is 0 Å². The normalized spacial score (nSPS) is 12.1. The highest BCUT2D eigenvalue weighted by Crippen LogP contribution is 2.22. The van der Waals surface area contributed by atoms with Gasteiger partial charge in [0.05, 0.1) is 7.11 Å². The monoisotopic (exact) mass is 217 g/mol. The van der Waals surface area contributed by atoms with Crippen molar-refractivity contribution in [3.8, 4) is 0 Å². The Morgan fingerprint density at radius 3 is 2.71 bits per heavy atom. The Kier molecular flexibility index (Phi) is 3.14. The van der Waals surface area contributed by atoms with Gasteiger partial charge in [-0.15, -0.1) is 11.6 Å². The molecule has 1 atom stereocenters. The van der Waals surface area contributed by atoms with Gasteiger partial charge < -0.3 is 14.9 Å². The number of halogens is 1. The minimum Gasteiger partial charge on any atom is -0.463 e. The van der Waals surface area contributed by atoms with Crippen molar-refractivity contribution in [2.24, 2.45) is 5.73 Å². The minimum atomic E-state index is -1.08. The molecule has 0 radical (unpaired) electrons. The number of furan rings is 1. The van der Waals surface area contributed by atoms with Crippen LogP contribution in [0.5, 0.6) is 0 Å². The lowest BCUT2D eigenvalue weighted by atomic mass is 10.3. The van der Waals surface area contributed by atoms with Crippen molar-refractivity contribution in [1.82, 2.24) is 0 Å². The number of hydrogen-bond acceptors (Lipinski definition) is 4. The largest absolute Gasteiger partial charge is 0.463 e. The van der Waals surface area contributed by atoms with E-state index in [1.165, 1.54) is 19.2 Å². The molecule has 0 saturated heterocycles. The molecule has 2 N–H and O–H groups in total. The van der Waals surface area contributed by atoms with Crippen molar-refractivity contribution in [2.45, 2.75) is 5.38 Å². The van der Waals surface area contributed by atoms with Crippen molar-refractivity contribution < 1.29 is 18.7 Å². The first-order chi connectivity index (χ1) is 6.56. The predicted molar refractivity (Wildman–Crippen MR) is 47.8 cm³/mol. The van der Waals surface area contributed by atoms with Gasteiger partial charge in [0.25, 0.3) is 0 Å². The number of primary amides is 1. The van der Waals surface area contributed by atoms with Gasteiger partial charge in [0, 0.05) is 0 Å². The third-order valence-electron chi connectivity index (χ3n) is 1.51. The van der Waals surface area contributed by atoms with Crippen molar-refractivity contribution in [1.29, 1.82) is 0 Å². The van der Waals surface area contributed by atoms with Gasteiger partial charge in [0.2, 0.25) is 11.7 Å². The summed E-state index contributed by atoms with van der Waals surface area (Å²) in [6, 6.07) is 2.76. The second-order valence-corrected chi connectivity index (χ2v) is 2.89. The number of rotatable bonds is 3. The molecule has 0 aliphatic heterocycles. The van der Waals surface area contributed by atoms with Gasteiger partial charge in [-0.25, -0.2) is 4.79 Å². The van der Waals surface area contributed by atoms with Gasteiger partial charge >= 0.3 is 5.97 Å². The molecule has 0 fully saturated rings. The average Bonchev–Trinajstić information content (AvgIpc) is 2.64. The van der Waals surface area contributed by atoms with Gasteiger partial charge in [0.15, 0.2) is 5.38 Å². The summed E-state index contributed by atoms with van der Waals surface area (Å²) in [4.78, 5) is 21.6. The Morgan fingerprint density at radius 2 is 2.21 bits per heavy atom. The van der Waals surface area contributed by atoms with E-state index < -0.39 is 17.3 Å². The number of nitrogens with two attached hydrogens (primary N) is 1. The molecule has 76 valence electrons. The number of methoxy groups -OCH3 is 1. The van der Waals surface area contributed by atoms with Gasteiger partial charge in [-0.1, -0.05) is 0 Å². The summed E-state index contributed by atoms with van der Waals surface area (Å²) < 4.78 is 9.35. The Hall–Kier alpha value is -1.49. The summed E-state index contributed by atoms with van der Waals surface area (Å²) in [6.45, 7) is 0. The van der Waals surface area contributed by atoms with E-state index in [0.29, 0.717) is 0 Å². The van der Waals surface area contributed by atoms with Crippen molar-refractivity contribution in [3.63, 3.8) is 0 Å². The second-order valence-electron chi connectivity index (χ2n) is 2.46. The summed E-state index contributed by atoms with van der Waals surface area (Å²) in [5.41, 5.74) is 4.94. The zero-order valence-electron chi connectivity index (χ0n) is 7.32. The third-order valence-corrected chi connectivity index (χ3v) is 1.94. The molecule has 0 spiro atoms. The fourth-order valence-electron chi connectivity index (χ4n) is 0.840. The standard InChI is InChI=1S/C8H8ClNO4/c1-13-8(12)5-3-2-4(14-5)6(9)7(10)11/h2-3,6H,1H3,(H2,10,11). The van der Waals surface area contributed by atoms with Crippen molar-refractivity contribution in [3.05, 3.63) is 23.7 Å². The molecule has 6 heteroatoms. The second kappa shape index (κ2) is 4.15. The van der Waals surface area contributed by atoms with Gasteiger partial charge in [-0.2, -0.15) is 0 Å². The molecule has 0 aromatic carbocycles. The summed E-state index contributed by atoms with van der Waals surface area (Å²) in [6.07, 6.45) is 0. The van der Waals surface area contributed by atoms with Crippen LogP contribution in [0, 0.1) is 0 Å². The highest BCUT2D eigenvalue weighted by atomic mass is 35.5. The molecule has 0 aliphatic rings. The number of amides is 1. The first-order valence-corrected chi connectivity index (χ1v) is 4.11. The smallest absolute Gasteiger partial charge is 0.373 e. The van der Waals surface area contributed by atoms with Crippen molar-refractivity contribution >= 4 is 23.5 Å². The molecule has 1 aromatic rings. The summed E-state index contributed by atoms with van der Waals surface area (Å²) in [5.74, 6) is -1.27. The lowest BCUT2D eigenvalue weighted by molar-refractivity contribution is -0.118. The van der Waals surface area contributed by atoms with Crippen LogP contribution >= 0.6 is 11.6 Å². The molecule has 1 unspecified atom stereocenters. The Bertz CT molecular complexity index is 360. The maximum Gasteiger partial charge on any atom is 0.373 e. The molecular formula is C8H8ClNO4. The topological polar surface area (TPSA) is 82.5 Å². The molecule has 0 saturated carbocycles. The maximum atomic E-state index is 10.9.